The van der Waals surface area contributed by atoms with Crippen LogP contribution in [0.15, 0.2) is 65.4 Å². The van der Waals surface area contributed by atoms with Gasteiger partial charge in [0, 0.05) is 17.5 Å². The van der Waals surface area contributed by atoms with Crippen molar-refractivity contribution in [3.8, 4) is 0 Å². The van der Waals surface area contributed by atoms with Crippen LogP contribution in [0.4, 0.5) is 14.5 Å². The Kier molecular flexibility index (Phi) is 5.76. The van der Waals surface area contributed by atoms with Crippen molar-refractivity contribution in [1.29, 1.82) is 0 Å². The van der Waals surface area contributed by atoms with Gasteiger partial charge in [0.2, 0.25) is 0 Å². The molecule has 4 rings (SSSR count). The molecule has 0 bridgehead atoms. The highest BCUT2D eigenvalue weighted by Crippen LogP contribution is 2.57. The lowest BCUT2D eigenvalue weighted by atomic mass is 9.54. The average molecular weight is 439 g/mol. The van der Waals surface area contributed by atoms with E-state index in [1.165, 1.54) is 23.3 Å². The molecule has 2 aliphatic rings. The fourth-order valence-electron chi connectivity index (χ4n) is 5.84. The van der Waals surface area contributed by atoms with Crippen LogP contribution in [0.3, 0.4) is 0 Å². The van der Waals surface area contributed by atoms with Crippen LogP contribution >= 0.6 is 0 Å². The van der Waals surface area contributed by atoms with E-state index in [4.69, 9.17) is 5.84 Å². The summed E-state index contributed by atoms with van der Waals surface area (Å²) in [5.74, 6) is 4.96. The van der Waals surface area contributed by atoms with E-state index in [0.29, 0.717) is 0 Å². The standard InChI is InChI=1S/C27H32F2N2O/c1-17-8-11-21(12-9-17)31(30)24-14-19-6-5-7-25(26(19,3)16-18(24)2)27(4,32)22-13-10-20(28)15-23(22)29/h8-15,25,32H,5-7,16,30H2,1-4H3. The summed E-state index contributed by atoms with van der Waals surface area (Å²) >= 11 is 0. The summed E-state index contributed by atoms with van der Waals surface area (Å²) in [7, 11) is 0. The van der Waals surface area contributed by atoms with Gasteiger partial charge < -0.3 is 5.11 Å². The molecule has 1 saturated carbocycles. The Morgan fingerprint density at radius 3 is 2.47 bits per heavy atom. The fourth-order valence-corrected chi connectivity index (χ4v) is 5.84. The number of hydrazine groups is 1. The largest absolute Gasteiger partial charge is 0.385 e. The van der Waals surface area contributed by atoms with Gasteiger partial charge in [-0.05, 0) is 81.7 Å². The molecule has 0 aliphatic heterocycles. The molecule has 3 nitrogen and oxygen atoms in total. The van der Waals surface area contributed by atoms with Crippen molar-refractivity contribution in [2.45, 2.75) is 59.0 Å². The lowest BCUT2D eigenvalue weighted by Gasteiger charge is -2.52. The highest BCUT2D eigenvalue weighted by Gasteiger charge is 2.51. The summed E-state index contributed by atoms with van der Waals surface area (Å²) in [6.45, 7) is 7.94. The first-order chi connectivity index (χ1) is 15.0. The minimum Gasteiger partial charge on any atom is -0.385 e. The van der Waals surface area contributed by atoms with Crippen molar-refractivity contribution < 1.29 is 13.9 Å². The highest BCUT2D eigenvalue weighted by atomic mass is 19.1. The third-order valence-corrected chi connectivity index (χ3v) is 7.55. The molecule has 0 aromatic heterocycles. The summed E-state index contributed by atoms with van der Waals surface area (Å²) in [5.41, 5.74) is 3.79. The van der Waals surface area contributed by atoms with Gasteiger partial charge in [0.05, 0.1) is 17.0 Å². The molecule has 3 N–H and O–H groups in total. The maximum absolute atomic E-state index is 14.7. The Morgan fingerprint density at radius 1 is 1.12 bits per heavy atom. The van der Waals surface area contributed by atoms with Crippen LogP contribution in [0.2, 0.25) is 0 Å². The van der Waals surface area contributed by atoms with Crippen LogP contribution in [0.1, 0.15) is 57.6 Å². The molecule has 0 amide bonds. The number of benzene rings is 2. The van der Waals surface area contributed by atoms with Crippen LogP contribution in [0.5, 0.6) is 0 Å². The summed E-state index contributed by atoms with van der Waals surface area (Å²) in [6, 6.07) is 11.5. The molecule has 1 fully saturated rings. The molecule has 3 unspecified atom stereocenters. The number of rotatable bonds is 4. The van der Waals surface area contributed by atoms with E-state index in [1.807, 2.05) is 31.2 Å². The second-order valence-corrected chi connectivity index (χ2v) is 9.85. The van der Waals surface area contributed by atoms with Crippen LogP contribution in [0.25, 0.3) is 0 Å². The first kappa shape index (κ1) is 22.7. The normalized spacial score (nSPS) is 25.1. The van der Waals surface area contributed by atoms with Crippen molar-refractivity contribution in [2.75, 3.05) is 5.01 Å². The molecule has 32 heavy (non-hydrogen) atoms. The third kappa shape index (κ3) is 3.78. The first-order valence-corrected chi connectivity index (χ1v) is 11.2. The Balaban J connectivity index is 1.70. The number of aryl methyl sites for hydroxylation is 1. The molecule has 170 valence electrons. The monoisotopic (exact) mass is 438 g/mol. The van der Waals surface area contributed by atoms with E-state index in [-0.39, 0.29) is 16.9 Å². The van der Waals surface area contributed by atoms with Crippen LogP contribution in [0, 0.1) is 29.9 Å². The Morgan fingerprint density at radius 2 is 1.81 bits per heavy atom. The molecule has 0 saturated heterocycles. The van der Waals surface area contributed by atoms with E-state index in [2.05, 4.69) is 19.9 Å². The predicted molar refractivity (Wildman–Crippen MR) is 125 cm³/mol. The quantitative estimate of drug-likeness (QED) is 0.437. The predicted octanol–water partition coefficient (Wildman–Crippen LogP) is 6.27. The number of aliphatic hydroxyl groups is 1. The van der Waals surface area contributed by atoms with Gasteiger partial charge in [-0.15, -0.1) is 0 Å². The molecule has 2 aromatic rings. The number of allylic oxidation sites excluding steroid dienone is 3. The van der Waals surface area contributed by atoms with E-state index in [1.54, 1.807) is 11.9 Å². The number of hydrogen-bond donors (Lipinski definition) is 2. The molecule has 5 heteroatoms. The summed E-state index contributed by atoms with van der Waals surface area (Å²) in [6.07, 6.45) is 5.45. The second-order valence-electron chi connectivity index (χ2n) is 9.85. The number of hydrogen-bond acceptors (Lipinski definition) is 3. The topological polar surface area (TPSA) is 49.5 Å². The molecular weight excluding hydrogens is 406 g/mol. The average Bonchev–Trinajstić information content (AvgIpc) is 2.72. The van der Waals surface area contributed by atoms with Gasteiger partial charge in [0.15, 0.2) is 0 Å². The smallest absolute Gasteiger partial charge is 0.132 e. The zero-order chi connectivity index (χ0) is 23.3. The molecule has 0 radical (unpaired) electrons. The van der Waals surface area contributed by atoms with Gasteiger partial charge >= 0.3 is 0 Å². The minimum absolute atomic E-state index is 0.152. The molecule has 2 aliphatic carbocycles. The van der Waals surface area contributed by atoms with E-state index in [9.17, 15) is 13.9 Å². The molecule has 0 spiro atoms. The van der Waals surface area contributed by atoms with E-state index < -0.39 is 17.2 Å². The lowest BCUT2D eigenvalue weighted by Crippen LogP contribution is -2.48. The fraction of sp³-hybridized carbons (Fsp3) is 0.407. The van der Waals surface area contributed by atoms with Crippen molar-refractivity contribution in [3.05, 3.63) is 88.1 Å². The SMILES string of the molecule is CC1=C(N(N)c2ccc(C)cc2)C=C2CCCC(C(C)(O)c3ccc(F)cc3F)C2(C)C1. The summed E-state index contributed by atoms with van der Waals surface area (Å²) < 4.78 is 28.2. The number of nitrogens with zero attached hydrogens (tertiary/aromatic N) is 1. The summed E-state index contributed by atoms with van der Waals surface area (Å²) in [4.78, 5) is 0. The Bertz CT molecular complexity index is 1090. The van der Waals surface area contributed by atoms with Crippen LogP contribution < -0.4 is 10.9 Å². The third-order valence-electron chi connectivity index (χ3n) is 7.55. The van der Waals surface area contributed by atoms with Gasteiger partial charge in [-0.25, -0.2) is 14.6 Å². The second kappa shape index (κ2) is 8.13. The summed E-state index contributed by atoms with van der Waals surface area (Å²) in [5, 5.41) is 13.3. The van der Waals surface area contributed by atoms with Crippen LogP contribution in [-0.4, -0.2) is 5.11 Å². The maximum Gasteiger partial charge on any atom is 0.132 e. The lowest BCUT2D eigenvalue weighted by molar-refractivity contribution is -0.0686. The van der Waals surface area contributed by atoms with Crippen molar-refractivity contribution >= 4 is 5.69 Å². The van der Waals surface area contributed by atoms with Crippen molar-refractivity contribution in [3.63, 3.8) is 0 Å². The van der Waals surface area contributed by atoms with Crippen LogP contribution in [-0.2, 0) is 5.60 Å². The molecular formula is C27H32F2N2O. The van der Waals surface area contributed by atoms with Crippen molar-refractivity contribution in [2.24, 2.45) is 17.2 Å². The Labute approximate surface area is 189 Å². The number of anilines is 1. The zero-order valence-electron chi connectivity index (χ0n) is 19.3. The van der Waals surface area contributed by atoms with Gasteiger partial charge in [-0.3, -0.25) is 5.01 Å². The van der Waals surface area contributed by atoms with E-state index in [0.717, 1.165) is 48.7 Å². The maximum atomic E-state index is 14.7. The van der Waals surface area contributed by atoms with Gasteiger partial charge in [0.25, 0.3) is 0 Å². The first-order valence-electron chi connectivity index (χ1n) is 11.2. The van der Waals surface area contributed by atoms with Crippen molar-refractivity contribution in [1.82, 2.24) is 0 Å². The molecule has 3 atom stereocenters. The highest BCUT2D eigenvalue weighted by molar-refractivity contribution is 5.57. The number of halogens is 2. The molecule has 2 aromatic carbocycles. The molecule has 0 heterocycles. The van der Waals surface area contributed by atoms with Gasteiger partial charge in [0.1, 0.15) is 11.6 Å². The van der Waals surface area contributed by atoms with Gasteiger partial charge in [-0.2, -0.15) is 0 Å². The minimum atomic E-state index is -1.43. The van der Waals surface area contributed by atoms with E-state index >= 15 is 0 Å². The number of fused-ring (bicyclic) bond motifs is 1. The Hall–Kier alpha value is -2.50. The van der Waals surface area contributed by atoms with Gasteiger partial charge in [-0.1, -0.05) is 36.3 Å². The zero-order valence-corrected chi connectivity index (χ0v) is 19.3. The number of nitrogens with two attached hydrogens (primary N) is 1.